The molecule has 0 amide bonds. The molecule has 0 radical (unpaired) electrons. The standard InChI is InChI=1S/C11H10FN5O4/c1-16-5-14-10(15-16)4-13-8-2-6(11(18)19)7(12)3-9(8)17(20)21/h2-3,5,13H,4H2,1H3,(H,18,19). The van der Waals surface area contributed by atoms with Crippen molar-refractivity contribution in [3.05, 3.63) is 45.8 Å². The van der Waals surface area contributed by atoms with Crippen LogP contribution in [-0.4, -0.2) is 30.8 Å². The van der Waals surface area contributed by atoms with E-state index in [4.69, 9.17) is 5.11 Å². The van der Waals surface area contributed by atoms with E-state index < -0.39 is 28.0 Å². The number of hydrogen-bond acceptors (Lipinski definition) is 6. The van der Waals surface area contributed by atoms with E-state index in [0.717, 1.165) is 6.07 Å². The van der Waals surface area contributed by atoms with E-state index in [1.165, 1.54) is 11.0 Å². The molecule has 0 bridgehead atoms. The first-order valence-electron chi connectivity index (χ1n) is 5.68. The van der Waals surface area contributed by atoms with Gasteiger partial charge in [0.05, 0.1) is 23.1 Å². The van der Waals surface area contributed by atoms with Crippen LogP contribution in [0, 0.1) is 15.9 Å². The molecule has 0 aliphatic heterocycles. The largest absolute Gasteiger partial charge is 0.478 e. The Morgan fingerprint density at radius 2 is 2.29 bits per heavy atom. The van der Waals surface area contributed by atoms with Gasteiger partial charge in [0.2, 0.25) is 0 Å². The van der Waals surface area contributed by atoms with Crippen LogP contribution in [0.5, 0.6) is 0 Å². The van der Waals surface area contributed by atoms with Gasteiger partial charge >= 0.3 is 5.97 Å². The van der Waals surface area contributed by atoms with E-state index >= 15 is 0 Å². The van der Waals surface area contributed by atoms with Gasteiger partial charge in [0.25, 0.3) is 5.69 Å². The highest BCUT2D eigenvalue weighted by molar-refractivity contribution is 5.90. The normalized spacial score (nSPS) is 10.4. The molecule has 0 saturated heterocycles. The smallest absolute Gasteiger partial charge is 0.338 e. The monoisotopic (exact) mass is 295 g/mol. The maximum Gasteiger partial charge on any atom is 0.338 e. The van der Waals surface area contributed by atoms with Crippen LogP contribution in [0.4, 0.5) is 15.8 Å². The van der Waals surface area contributed by atoms with Crippen molar-refractivity contribution >= 4 is 17.3 Å². The summed E-state index contributed by atoms with van der Waals surface area (Å²) in [6, 6.07) is 1.44. The van der Waals surface area contributed by atoms with Crippen LogP contribution in [0.3, 0.4) is 0 Å². The fourth-order valence-electron chi connectivity index (χ4n) is 1.66. The molecule has 1 aromatic heterocycles. The molecule has 0 fully saturated rings. The Morgan fingerprint density at radius 3 is 2.81 bits per heavy atom. The zero-order valence-electron chi connectivity index (χ0n) is 10.8. The summed E-state index contributed by atoms with van der Waals surface area (Å²) in [5.41, 5.74) is -1.34. The Morgan fingerprint density at radius 1 is 1.57 bits per heavy atom. The molecule has 1 aromatic carbocycles. The quantitative estimate of drug-likeness (QED) is 0.626. The Balaban J connectivity index is 2.33. The summed E-state index contributed by atoms with van der Waals surface area (Å²) < 4.78 is 14.9. The highest BCUT2D eigenvalue weighted by atomic mass is 19.1. The number of carboxylic acid groups (broad SMARTS) is 1. The Bertz CT molecular complexity index is 715. The maximum absolute atomic E-state index is 13.5. The maximum atomic E-state index is 13.5. The SMILES string of the molecule is Cn1cnc(CNc2cc(C(=O)O)c(F)cc2[N+](=O)[O-])n1. The summed E-state index contributed by atoms with van der Waals surface area (Å²) in [5, 5.41) is 26.3. The predicted octanol–water partition coefficient (Wildman–Crippen LogP) is 1.17. The topological polar surface area (TPSA) is 123 Å². The second kappa shape index (κ2) is 5.53. The van der Waals surface area contributed by atoms with Crippen molar-refractivity contribution in [3.63, 3.8) is 0 Å². The number of aryl methyl sites for hydroxylation is 1. The molecule has 10 heteroatoms. The van der Waals surface area contributed by atoms with Crippen molar-refractivity contribution in [1.82, 2.24) is 14.8 Å². The van der Waals surface area contributed by atoms with Gasteiger partial charge in [-0.25, -0.2) is 14.2 Å². The van der Waals surface area contributed by atoms with Crippen LogP contribution in [-0.2, 0) is 13.6 Å². The minimum Gasteiger partial charge on any atom is -0.478 e. The molecule has 0 atom stereocenters. The molecule has 9 nitrogen and oxygen atoms in total. The fourth-order valence-corrected chi connectivity index (χ4v) is 1.66. The van der Waals surface area contributed by atoms with E-state index in [2.05, 4.69) is 15.4 Å². The summed E-state index contributed by atoms with van der Waals surface area (Å²) in [7, 11) is 1.65. The first kappa shape index (κ1) is 14.4. The lowest BCUT2D eigenvalue weighted by atomic mass is 10.1. The molecule has 21 heavy (non-hydrogen) atoms. The number of hydrogen-bond donors (Lipinski definition) is 2. The number of aromatic carboxylic acids is 1. The number of nitro groups is 1. The second-order valence-corrected chi connectivity index (χ2v) is 4.10. The van der Waals surface area contributed by atoms with Crippen LogP contribution in [0.25, 0.3) is 0 Å². The number of halogens is 1. The first-order chi connectivity index (χ1) is 9.88. The van der Waals surface area contributed by atoms with Gasteiger partial charge in [-0.1, -0.05) is 0 Å². The fraction of sp³-hybridized carbons (Fsp3) is 0.182. The molecule has 110 valence electrons. The molecular formula is C11H10FN5O4. The number of nitro benzene ring substituents is 1. The number of carboxylic acids is 1. The van der Waals surface area contributed by atoms with Crippen molar-refractivity contribution < 1.29 is 19.2 Å². The van der Waals surface area contributed by atoms with Crippen molar-refractivity contribution in [2.24, 2.45) is 7.05 Å². The van der Waals surface area contributed by atoms with Gasteiger partial charge in [-0.2, -0.15) is 5.10 Å². The molecule has 0 aliphatic carbocycles. The van der Waals surface area contributed by atoms with E-state index in [-0.39, 0.29) is 12.2 Å². The number of benzene rings is 1. The van der Waals surface area contributed by atoms with Gasteiger partial charge < -0.3 is 10.4 Å². The highest BCUT2D eigenvalue weighted by Crippen LogP contribution is 2.28. The number of nitrogens with zero attached hydrogens (tertiary/aromatic N) is 4. The van der Waals surface area contributed by atoms with Crippen LogP contribution >= 0.6 is 0 Å². The van der Waals surface area contributed by atoms with Gasteiger partial charge in [0.1, 0.15) is 17.8 Å². The summed E-state index contributed by atoms with van der Waals surface area (Å²) in [6.07, 6.45) is 1.44. The second-order valence-electron chi connectivity index (χ2n) is 4.10. The lowest BCUT2D eigenvalue weighted by Gasteiger charge is -2.07. The molecular weight excluding hydrogens is 285 g/mol. The van der Waals surface area contributed by atoms with Gasteiger partial charge in [-0.15, -0.1) is 0 Å². The van der Waals surface area contributed by atoms with Gasteiger partial charge in [-0.05, 0) is 6.07 Å². The number of anilines is 1. The molecule has 2 aromatic rings. The lowest BCUT2D eigenvalue weighted by molar-refractivity contribution is -0.384. The Labute approximate surface area is 117 Å². The van der Waals surface area contributed by atoms with Crippen LogP contribution < -0.4 is 5.32 Å². The van der Waals surface area contributed by atoms with Crippen LogP contribution in [0.2, 0.25) is 0 Å². The summed E-state index contributed by atoms with van der Waals surface area (Å²) >= 11 is 0. The van der Waals surface area contributed by atoms with Crippen molar-refractivity contribution in [3.8, 4) is 0 Å². The predicted molar refractivity (Wildman–Crippen MR) is 68.3 cm³/mol. The average molecular weight is 295 g/mol. The average Bonchev–Trinajstić information content (AvgIpc) is 2.82. The summed E-state index contributed by atoms with van der Waals surface area (Å²) in [5.74, 6) is -2.33. The zero-order chi connectivity index (χ0) is 15.6. The van der Waals surface area contributed by atoms with Crippen molar-refractivity contribution in [1.29, 1.82) is 0 Å². The Hall–Kier alpha value is -3.04. The third kappa shape index (κ3) is 3.11. The molecule has 0 aliphatic rings. The molecule has 0 saturated carbocycles. The van der Waals surface area contributed by atoms with E-state index in [1.807, 2.05) is 0 Å². The summed E-state index contributed by atoms with van der Waals surface area (Å²) in [4.78, 5) is 24.9. The number of nitrogens with one attached hydrogen (secondary N) is 1. The van der Waals surface area contributed by atoms with Gasteiger partial charge in [0.15, 0.2) is 5.82 Å². The first-order valence-corrected chi connectivity index (χ1v) is 5.68. The number of aromatic nitrogens is 3. The molecule has 0 unspecified atom stereocenters. The van der Waals surface area contributed by atoms with Gasteiger partial charge in [0, 0.05) is 7.05 Å². The lowest BCUT2D eigenvalue weighted by Crippen LogP contribution is -2.08. The van der Waals surface area contributed by atoms with Crippen molar-refractivity contribution in [2.45, 2.75) is 6.54 Å². The number of carbonyl (C=O) groups is 1. The minimum absolute atomic E-state index is 0.0341. The van der Waals surface area contributed by atoms with E-state index in [0.29, 0.717) is 11.9 Å². The van der Waals surface area contributed by atoms with E-state index in [9.17, 15) is 19.3 Å². The molecule has 0 spiro atoms. The van der Waals surface area contributed by atoms with E-state index in [1.54, 1.807) is 7.05 Å². The molecule has 1 heterocycles. The van der Waals surface area contributed by atoms with Crippen LogP contribution in [0.15, 0.2) is 18.5 Å². The summed E-state index contributed by atoms with van der Waals surface area (Å²) in [6.45, 7) is 0.0341. The third-order valence-electron chi connectivity index (χ3n) is 2.60. The third-order valence-corrected chi connectivity index (χ3v) is 2.60. The zero-order valence-corrected chi connectivity index (χ0v) is 10.8. The highest BCUT2D eigenvalue weighted by Gasteiger charge is 2.21. The minimum atomic E-state index is -1.51. The van der Waals surface area contributed by atoms with Crippen molar-refractivity contribution in [2.75, 3.05) is 5.32 Å². The van der Waals surface area contributed by atoms with Gasteiger partial charge in [-0.3, -0.25) is 14.8 Å². The number of rotatable bonds is 5. The molecule has 2 N–H and O–H groups in total. The Kier molecular flexibility index (Phi) is 3.78. The van der Waals surface area contributed by atoms with Crippen LogP contribution in [0.1, 0.15) is 16.2 Å². The molecule has 2 rings (SSSR count).